The molecule has 1 saturated carbocycles. The highest BCUT2D eigenvalue weighted by molar-refractivity contribution is 5.90. The lowest BCUT2D eigenvalue weighted by Crippen LogP contribution is -2.38. The molecule has 0 radical (unpaired) electrons. The first-order chi connectivity index (χ1) is 17.3. The molecule has 1 aromatic carbocycles. The third kappa shape index (κ3) is 3.99. The lowest BCUT2D eigenvalue weighted by atomic mass is 10.1. The van der Waals surface area contributed by atoms with Crippen LogP contribution in [0.5, 0.6) is 5.75 Å². The van der Waals surface area contributed by atoms with E-state index < -0.39 is 13.1 Å². The molecule has 0 spiro atoms. The summed E-state index contributed by atoms with van der Waals surface area (Å²) in [6.07, 6.45) is 10.6. The Balaban J connectivity index is 1.14. The zero-order chi connectivity index (χ0) is 24.9. The molecular weight excluding hydrogens is 420 g/mol. The number of benzene rings is 1. The van der Waals surface area contributed by atoms with Crippen LogP contribution in [-0.2, 0) is 11.3 Å². The molecule has 4 heterocycles. The number of hydrogen-bond donors (Lipinski definition) is 0. The average molecular weight is 450 g/mol. The third-order valence-corrected chi connectivity index (χ3v) is 6.34. The van der Waals surface area contributed by atoms with Crippen LogP contribution in [0.2, 0.25) is 0 Å². The minimum absolute atomic E-state index is 0.00871. The molecule has 0 N–H and O–H groups in total. The van der Waals surface area contributed by atoms with Crippen LogP contribution in [0, 0.1) is 0 Å². The van der Waals surface area contributed by atoms with Crippen LogP contribution in [0.4, 0.5) is 16.3 Å². The Morgan fingerprint density at radius 3 is 2.85 bits per heavy atom. The predicted molar refractivity (Wildman–Crippen MR) is 122 cm³/mol. The van der Waals surface area contributed by atoms with E-state index in [9.17, 15) is 4.79 Å². The fourth-order valence-electron chi connectivity index (χ4n) is 4.34. The molecule has 2 aromatic heterocycles. The molecule has 9 nitrogen and oxygen atoms in total. The van der Waals surface area contributed by atoms with Crippen molar-refractivity contribution in [2.45, 2.75) is 44.4 Å². The monoisotopic (exact) mass is 449 g/mol. The van der Waals surface area contributed by atoms with Crippen LogP contribution in [0.3, 0.4) is 0 Å². The van der Waals surface area contributed by atoms with E-state index in [1.807, 2.05) is 10.9 Å². The fraction of sp³-hybridized carbons (Fsp3) is 0.417. The molecule has 2 aliphatic heterocycles. The maximum Gasteiger partial charge on any atom is 0.414 e. The van der Waals surface area contributed by atoms with E-state index in [1.165, 1.54) is 12.8 Å². The number of aromatic nitrogens is 4. The van der Waals surface area contributed by atoms with Gasteiger partial charge in [0.05, 0.1) is 42.2 Å². The highest BCUT2D eigenvalue weighted by atomic mass is 16.6. The van der Waals surface area contributed by atoms with Crippen LogP contribution in [0.25, 0.3) is 11.3 Å². The van der Waals surface area contributed by atoms with Crippen molar-refractivity contribution in [1.82, 2.24) is 19.7 Å². The predicted octanol–water partition coefficient (Wildman–Crippen LogP) is 3.81. The highest BCUT2D eigenvalue weighted by Gasteiger charge is 2.26. The van der Waals surface area contributed by atoms with Crippen molar-refractivity contribution >= 4 is 17.6 Å². The summed E-state index contributed by atoms with van der Waals surface area (Å²) in [5, 5.41) is 4.40. The van der Waals surface area contributed by atoms with Crippen molar-refractivity contribution in [3.63, 3.8) is 0 Å². The summed E-state index contributed by atoms with van der Waals surface area (Å²) < 4.78 is 36.2. The van der Waals surface area contributed by atoms with E-state index in [0.29, 0.717) is 27.9 Å². The minimum Gasteiger partial charge on any atom is -0.487 e. The summed E-state index contributed by atoms with van der Waals surface area (Å²) in [4.78, 5) is 24.1. The molecule has 1 saturated heterocycles. The van der Waals surface area contributed by atoms with Gasteiger partial charge in [-0.05, 0) is 25.0 Å². The van der Waals surface area contributed by atoms with Gasteiger partial charge in [0.15, 0.2) is 5.75 Å². The van der Waals surface area contributed by atoms with Gasteiger partial charge in [-0.2, -0.15) is 5.10 Å². The van der Waals surface area contributed by atoms with Gasteiger partial charge in [-0.25, -0.2) is 9.78 Å². The van der Waals surface area contributed by atoms with Gasteiger partial charge in [-0.15, -0.1) is 0 Å². The van der Waals surface area contributed by atoms with E-state index in [2.05, 4.69) is 15.0 Å². The van der Waals surface area contributed by atoms with E-state index >= 15 is 0 Å². The summed E-state index contributed by atoms with van der Waals surface area (Å²) in [6, 6.07) is 5.72. The Labute approximate surface area is 196 Å². The number of amides is 1. The standard InChI is InChI=1S/C24H26N6O3/c1-28-22-5-2-16(10-17(22)15-32-24(28)31)21-12-25-13-23(27-21)29-8-6-19(7-9-29)33-20-11-26-30(14-20)18-3-4-18/h2,5,10-14,18-19H,3-4,6-9,15H2,1H3/i1D3. The number of cyclic esters (lactones) is 1. The van der Waals surface area contributed by atoms with Crippen molar-refractivity contribution in [3.8, 4) is 17.0 Å². The van der Waals surface area contributed by atoms with Gasteiger partial charge in [-0.1, -0.05) is 6.07 Å². The van der Waals surface area contributed by atoms with E-state index in [0.717, 1.165) is 43.1 Å². The largest absolute Gasteiger partial charge is 0.487 e. The lowest BCUT2D eigenvalue weighted by Gasteiger charge is -2.32. The second-order valence-electron chi connectivity index (χ2n) is 8.69. The molecule has 3 aromatic rings. The number of piperidine rings is 1. The zero-order valence-electron chi connectivity index (χ0n) is 21.1. The van der Waals surface area contributed by atoms with Crippen LogP contribution in [-0.4, -0.2) is 52.0 Å². The normalized spacial score (nSPS) is 20.5. The van der Waals surface area contributed by atoms with Gasteiger partial charge in [0.2, 0.25) is 0 Å². The Morgan fingerprint density at radius 1 is 1.15 bits per heavy atom. The fourth-order valence-corrected chi connectivity index (χ4v) is 4.34. The number of anilines is 2. The molecule has 2 fully saturated rings. The maximum absolute atomic E-state index is 12.0. The second-order valence-corrected chi connectivity index (χ2v) is 8.69. The number of rotatable bonds is 5. The van der Waals surface area contributed by atoms with Gasteiger partial charge >= 0.3 is 6.09 Å². The first-order valence-electron chi connectivity index (χ1n) is 12.7. The Kier molecular flexibility index (Phi) is 4.14. The molecule has 33 heavy (non-hydrogen) atoms. The van der Waals surface area contributed by atoms with Gasteiger partial charge in [0, 0.05) is 48.1 Å². The molecule has 3 aliphatic rings. The third-order valence-electron chi connectivity index (χ3n) is 6.34. The van der Waals surface area contributed by atoms with Crippen molar-refractivity contribution in [2.24, 2.45) is 0 Å². The first-order valence-corrected chi connectivity index (χ1v) is 11.2. The van der Waals surface area contributed by atoms with E-state index in [4.69, 9.17) is 18.6 Å². The molecule has 6 rings (SSSR count). The molecule has 0 unspecified atom stereocenters. The van der Waals surface area contributed by atoms with Gasteiger partial charge in [-0.3, -0.25) is 14.6 Å². The minimum atomic E-state index is -2.62. The second kappa shape index (κ2) is 8.06. The summed E-state index contributed by atoms with van der Waals surface area (Å²) >= 11 is 0. The van der Waals surface area contributed by atoms with Gasteiger partial charge < -0.3 is 14.4 Å². The molecule has 170 valence electrons. The number of hydrogen-bond acceptors (Lipinski definition) is 7. The average Bonchev–Trinajstić information content (AvgIpc) is 3.62. The summed E-state index contributed by atoms with van der Waals surface area (Å²) in [6.45, 7) is -1.02. The molecule has 9 heteroatoms. The Morgan fingerprint density at radius 2 is 2.03 bits per heavy atom. The summed E-state index contributed by atoms with van der Waals surface area (Å²) in [7, 11) is 0. The number of carbonyl (C=O) groups excluding carboxylic acids is 1. The highest BCUT2D eigenvalue weighted by Crippen LogP contribution is 2.35. The topological polar surface area (TPSA) is 85.6 Å². The maximum atomic E-state index is 12.0. The summed E-state index contributed by atoms with van der Waals surface area (Å²) in [5.41, 5.74) is 2.37. The van der Waals surface area contributed by atoms with E-state index in [1.54, 1.807) is 36.8 Å². The molecule has 0 atom stereocenters. The van der Waals surface area contributed by atoms with E-state index in [-0.39, 0.29) is 12.7 Å². The van der Waals surface area contributed by atoms with Crippen LogP contribution in [0.1, 0.15) is 41.4 Å². The quantitative estimate of drug-likeness (QED) is 0.585. The van der Waals surface area contributed by atoms with Crippen LogP contribution >= 0.6 is 0 Å². The lowest BCUT2D eigenvalue weighted by molar-refractivity contribution is 0.143. The van der Waals surface area contributed by atoms with Crippen molar-refractivity contribution in [2.75, 3.05) is 29.9 Å². The van der Waals surface area contributed by atoms with Crippen LogP contribution < -0.4 is 14.5 Å². The SMILES string of the molecule is [2H]C([2H])([2H])N1C(=O)OCc2cc(-c3cncc(N4CCC(Oc5cnn(C6CC6)c5)CC4)n3)ccc21. The van der Waals surface area contributed by atoms with Gasteiger partial charge in [0.25, 0.3) is 0 Å². The number of nitrogens with zero attached hydrogens (tertiary/aromatic N) is 6. The number of carbonyl (C=O) groups is 1. The molecular formula is C24H26N6O3. The summed E-state index contributed by atoms with van der Waals surface area (Å²) in [5.74, 6) is 1.61. The number of ether oxygens (including phenoxy) is 2. The van der Waals surface area contributed by atoms with Crippen molar-refractivity contribution in [1.29, 1.82) is 0 Å². The van der Waals surface area contributed by atoms with Crippen molar-refractivity contribution < 1.29 is 18.4 Å². The Hall–Kier alpha value is -3.62. The first kappa shape index (κ1) is 16.9. The zero-order valence-corrected chi connectivity index (χ0v) is 18.1. The number of fused-ring (bicyclic) bond motifs is 1. The van der Waals surface area contributed by atoms with Crippen LogP contribution in [0.15, 0.2) is 43.0 Å². The van der Waals surface area contributed by atoms with Gasteiger partial charge in [0.1, 0.15) is 18.5 Å². The Bertz CT molecular complexity index is 1280. The molecule has 1 amide bonds. The smallest absolute Gasteiger partial charge is 0.414 e. The molecule has 0 bridgehead atoms. The van der Waals surface area contributed by atoms with Crippen molar-refractivity contribution in [3.05, 3.63) is 48.5 Å². The molecule has 1 aliphatic carbocycles.